The Bertz CT molecular complexity index is 611. The van der Waals surface area contributed by atoms with E-state index in [0.29, 0.717) is 5.56 Å². The minimum atomic E-state index is -0.377. The first-order valence-electron chi connectivity index (χ1n) is 6.22. The molecule has 0 spiro atoms. The van der Waals surface area contributed by atoms with Crippen LogP contribution in [0.4, 0.5) is 0 Å². The van der Waals surface area contributed by atoms with Gasteiger partial charge in [0.1, 0.15) is 0 Å². The van der Waals surface area contributed by atoms with E-state index in [1.54, 1.807) is 13.0 Å². The molecule has 0 aromatic heterocycles. The third kappa shape index (κ3) is 2.81. The van der Waals surface area contributed by atoms with Crippen molar-refractivity contribution in [1.29, 1.82) is 0 Å². The van der Waals surface area contributed by atoms with Crippen molar-refractivity contribution in [2.45, 2.75) is 13.3 Å². The van der Waals surface area contributed by atoms with Crippen LogP contribution in [0.25, 0.3) is 10.8 Å². The van der Waals surface area contributed by atoms with Gasteiger partial charge >= 0.3 is 5.97 Å². The van der Waals surface area contributed by atoms with Crippen molar-refractivity contribution in [3.8, 4) is 0 Å². The van der Waals surface area contributed by atoms with E-state index in [-0.39, 0.29) is 24.1 Å². The van der Waals surface area contributed by atoms with Crippen LogP contribution in [0.15, 0.2) is 42.5 Å². The first kappa shape index (κ1) is 13.3. The zero-order valence-corrected chi connectivity index (χ0v) is 11.1. The maximum atomic E-state index is 12.4. The Labute approximate surface area is 112 Å². The molecule has 1 atom stereocenters. The molecule has 0 saturated carbocycles. The summed E-state index contributed by atoms with van der Waals surface area (Å²) in [5.74, 6) is -0.762. The smallest absolute Gasteiger partial charge is 0.306 e. The molecule has 0 aliphatic carbocycles. The van der Waals surface area contributed by atoms with Crippen molar-refractivity contribution in [1.82, 2.24) is 0 Å². The molecule has 19 heavy (non-hydrogen) atoms. The predicted molar refractivity (Wildman–Crippen MR) is 74.1 cm³/mol. The van der Waals surface area contributed by atoms with Gasteiger partial charge in [0.25, 0.3) is 0 Å². The van der Waals surface area contributed by atoms with Crippen molar-refractivity contribution < 1.29 is 14.3 Å². The lowest BCUT2D eigenvalue weighted by Crippen LogP contribution is -2.16. The molecular weight excluding hydrogens is 240 g/mol. The molecule has 0 heterocycles. The summed E-state index contributed by atoms with van der Waals surface area (Å²) in [4.78, 5) is 23.6. The number of benzene rings is 2. The highest BCUT2D eigenvalue weighted by Crippen LogP contribution is 2.22. The molecular formula is C16H16O3. The van der Waals surface area contributed by atoms with Gasteiger partial charge in [0.15, 0.2) is 5.78 Å². The number of fused-ring (bicyclic) bond motifs is 1. The van der Waals surface area contributed by atoms with Crippen LogP contribution in [0.1, 0.15) is 23.7 Å². The summed E-state index contributed by atoms with van der Waals surface area (Å²) >= 11 is 0. The van der Waals surface area contributed by atoms with E-state index in [0.717, 1.165) is 10.8 Å². The fourth-order valence-electron chi connectivity index (χ4n) is 2.13. The highest BCUT2D eigenvalue weighted by Gasteiger charge is 2.20. The zero-order valence-electron chi connectivity index (χ0n) is 11.1. The molecule has 0 amide bonds. The van der Waals surface area contributed by atoms with Crippen molar-refractivity contribution in [3.05, 3.63) is 48.0 Å². The normalized spacial score (nSPS) is 12.1. The van der Waals surface area contributed by atoms with Crippen LogP contribution in [0.2, 0.25) is 0 Å². The Balaban J connectivity index is 2.34. The number of carbonyl (C=O) groups is 2. The van der Waals surface area contributed by atoms with Crippen LogP contribution in [-0.2, 0) is 9.53 Å². The number of hydrogen-bond acceptors (Lipinski definition) is 3. The number of esters is 1. The molecule has 1 unspecified atom stereocenters. The lowest BCUT2D eigenvalue weighted by atomic mass is 9.93. The molecule has 0 bridgehead atoms. The SMILES string of the molecule is COC(=O)CC(C)C(=O)c1cccc2ccccc12. The average molecular weight is 256 g/mol. The lowest BCUT2D eigenvalue weighted by Gasteiger charge is -2.11. The highest BCUT2D eigenvalue weighted by atomic mass is 16.5. The van der Waals surface area contributed by atoms with Crippen molar-refractivity contribution in [2.24, 2.45) is 5.92 Å². The monoisotopic (exact) mass is 256 g/mol. The molecule has 2 rings (SSSR count). The van der Waals surface area contributed by atoms with Crippen LogP contribution in [0.5, 0.6) is 0 Å². The van der Waals surface area contributed by atoms with Crippen molar-refractivity contribution >= 4 is 22.5 Å². The minimum Gasteiger partial charge on any atom is -0.469 e. The fourth-order valence-corrected chi connectivity index (χ4v) is 2.13. The van der Waals surface area contributed by atoms with Gasteiger partial charge in [-0.2, -0.15) is 0 Å². The van der Waals surface area contributed by atoms with Gasteiger partial charge in [0, 0.05) is 11.5 Å². The van der Waals surface area contributed by atoms with Crippen molar-refractivity contribution in [2.75, 3.05) is 7.11 Å². The zero-order chi connectivity index (χ0) is 13.8. The van der Waals surface area contributed by atoms with Gasteiger partial charge in [0.05, 0.1) is 13.5 Å². The lowest BCUT2D eigenvalue weighted by molar-refractivity contribution is -0.141. The average Bonchev–Trinajstić information content (AvgIpc) is 2.45. The van der Waals surface area contributed by atoms with E-state index < -0.39 is 0 Å². The number of methoxy groups -OCH3 is 1. The standard InChI is InChI=1S/C16H16O3/c1-11(10-15(17)19-2)16(18)14-9-5-7-12-6-3-4-8-13(12)14/h3-9,11H,10H2,1-2H3. The second-order valence-corrected chi connectivity index (χ2v) is 4.57. The number of rotatable bonds is 4. The van der Waals surface area contributed by atoms with E-state index in [1.807, 2.05) is 36.4 Å². The first-order chi connectivity index (χ1) is 9.13. The predicted octanol–water partition coefficient (Wildman–Crippen LogP) is 3.22. The topological polar surface area (TPSA) is 43.4 Å². The maximum Gasteiger partial charge on any atom is 0.306 e. The van der Waals surface area contributed by atoms with Gasteiger partial charge in [-0.05, 0) is 10.8 Å². The van der Waals surface area contributed by atoms with E-state index in [2.05, 4.69) is 4.74 Å². The summed E-state index contributed by atoms with van der Waals surface area (Å²) in [6.45, 7) is 1.75. The Kier molecular flexibility index (Phi) is 3.95. The van der Waals surface area contributed by atoms with E-state index in [1.165, 1.54) is 7.11 Å². The van der Waals surface area contributed by atoms with Gasteiger partial charge in [-0.15, -0.1) is 0 Å². The van der Waals surface area contributed by atoms with Gasteiger partial charge < -0.3 is 4.74 Å². The Morgan fingerprint density at radius 3 is 2.53 bits per heavy atom. The van der Waals surface area contributed by atoms with E-state index >= 15 is 0 Å². The number of ketones is 1. The number of hydrogen-bond donors (Lipinski definition) is 0. The van der Waals surface area contributed by atoms with E-state index in [9.17, 15) is 9.59 Å². The third-order valence-electron chi connectivity index (χ3n) is 3.20. The Morgan fingerprint density at radius 1 is 1.11 bits per heavy atom. The molecule has 0 aliphatic heterocycles. The summed E-state index contributed by atoms with van der Waals surface area (Å²) in [6, 6.07) is 13.4. The maximum absolute atomic E-state index is 12.4. The third-order valence-corrected chi connectivity index (χ3v) is 3.20. The molecule has 0 N–H and O–H groups in total. The molecule has 2 aromatic rings. The van der Waals surface area contributed by atoms with Crippen LogP contribution < -0.4 is 0 Å². The molecule has 0 aliphatic rings. The van der Waals surface area contributed by atoms with Crippen LogP contribution >= 0.6 is 0 Å². The first-order valence-corrected chi connectivity index (χ1v) is 6.22. The summed E-state index contributed by atoms with van der Waals surface area (Å²) in [7, 11) is 1.33. The summed E-state index contributed by atoms with van der Waals surface area (Å²) in [5.41, 5.74) is 0.662. The van der Waals surface area contributed by atoms with Gasteiger partial charge in [0.2, 0.25) is 0 Å². The number of ether oxygens (including phenoxy) is 1. The number of Topliss-reactive ketones (excluding diaryl/α,β-unsaturated/α-hetero) is 1. The largest absolute Gasteiger partial charge is 0.469 e. The van der Waals surface area contributed by atoms with Crippen LogP contribution in [-0.4, -0.2) is 18.9 Å². The summed E-state index contributed by atoms with van der Waals surface area (Å²) in [6.07, 6.45) is 0.110. The second-order valence-electron chi connectivity index (χ2n) is 4.57. The van der Waals surface area contributed by atoms with Gasteiger partial charge in [-0.25, -0.2) is 0 Å². The van der Waals surface area contributed by atoms with Gasteiger partial charge in [-0.1, -0.05) is 49.4 Å². The van der Waals surface area contributed by atoms with Gasteiger partial charge in [-0.3, -0.25) is 9.59 Å². The molecule has 0 saturated heterocycles. The summed E-state index contributed by atoms with van der Waals surface area (Å²) < 4.78 is 4.60. The molecule has 0 fully saturated rings. The van der Waals surface area contributed by atoms with Crippen molar-refractivity contribution in [3.63, 3.8) is 0 Å². The minimum absolute atomic E-state index is 0.0257. The molecule has 3 nitrogen and oxygen atoms in total. The Morgan fingerprint density at radius 2 is 1.79 bits per heavy atom. The fraction of sp³-hybridized carbons (Fsp3) is 0.250. The molecule has 0 radical (unpaired) electrons. The molecule has 98 valence electrons. The van der Waals surface area contributed by atoms with Crippen LogP contribution in [0, 0.1) is 5.92 Å². The number of carbonyl (C=O) groups excluding carboxylic acids is 2. The second kappa shape index (κ2) is 5.65. The summed E-state index contributed by atoms with van der Waals surface area (Å²) in [5, 5.41) is 1.95. The Hall–Kier alpha value is -2.16. The highest BCUT2D eigenvalue weighted by molar-refractivity contribution is 6.09. The molecule has 3 heteroatoms. The van der Waals surface area contributed by atoms with E-state index in [4.69, 9.17) is 0 Å². The quantitative estimate of drug-likeness (QED) is 0.623. The van der Waals surface area contributed by atoms with Crippen LogP contribution in [0.3, 0.4) is 0 Å². The molecule has 2 aromatic carbocycles.